The number of carbonyl (C=O) groups is 1. The van der Waals surface area contributed by atoms with E-state index < -0.39 is 12.1 Å². The molecule has 0 bridgehead atoms. The Balaban J connectivity index is 2.18. The highest BCUT2D eigenvalue weighted by atomic mass is 32.2. The number of hydrogen-bond donors (Lipinski definition) is 1. The van der Waals surface area contributed by atoms with E-state index in [-0.39, 0.29) is 11.5 Å². The molecule has 1 saturated heterocycles. The van der Waals surface area contributed by atoms with Gasteiger partial charge in [0, 0.05) is 5.92 Å². The molecule has 1 N–H and O–H groups in total. The monoisotopic (exact) mass is 240 g/mol. The lowest BCUT2D eigenvalue weighted by molar-refractivity contribution is 0.0696. The maximum absolute atomic E-state index is 14.1. The van der Waals surface area contributed by atoms with Gasteiger partial charge in [0.2, 0.25) is 0 Å². The van der Waals surface area contributed by atoms with Crippen molar-refractivity contribution in [2.45, 2.75) is 12.6 Å². The second kappa shape index (κ2) is 4.87. The smallest absolute Gasteiger partial charge is 0.335 e. The second-order valence-corrected chi connectivity index (χ2v) is 5.11. The van der Waals surface area contributed by atoms with E-state index in [0.717, 1.165) is 17.9 Å². The normalized spacial score (nSPS) is 21.9. The summed E-state index contributed by atoms with van der Waals surface area (Å²) in [7, 11) is 0. The third-order valence-corrected chi connectivity index (χ3v) is 4.02. The molecule has 1 aliphatic heterocycles. The first-order valence-corrected chi connectivity index (χ1v) is 6.39. The van der Waals surface area contributed by atoms with E-state index in [9.17, 15) is 9.18 Å². The van der Waals surface area contributed by atoms with E-state index in [0.29, 0.717) is 5.56 Å². The SMILES string of the molecule is O=C(O)c1cccc(C(F)C2CCSC2)c1. The molecule has 0 radical (unpaired) electrons. The van der Waals surface area contributed by atoms with Crippen molar-refractivity contribution in [3.05, 3.63) is 35.4 Å². The number of carboxylic acid groups (broad SMARTS) is 1. The summed E-state index contributed by atoms with van der Waals surface area (Å²) in [5.41, 5.74) is 0.651. The minimum atomic E-state index is -1.03. The van der Waals surface area contributed by atoms with Crippen molar-refractivity contribution < 1.29 is 14.3 Å². The molecule has 2 atom stereocenters. The highest BCUT2D eigenvalue weighted by Gasteiger charge is 2.26. The summed E-state index contributed by atoms with van der Waals surface area (Å²) in [5.74, 6) is 0.867. The first-order valence-electron chi connectivity index (χ1n) is 5.23. The van der Waals surface area contributed by atoms with Crippen LogP contribution in [0.3, 0.4) is 0 Å². The van der Waals surface area contributed by atoms with Crippen LogP contribution in [0.5, 0.6) is 0 Å². The molecule has 2 nitrogen and oxygen atoms in total. The van der Waals surface area contributed by atoms with E-state index in [1.165, 1.54) is 12.1 Å². The van der Waals surface area contributed by atoms with Crippen LogP contribution in [0.25, 0.3) is 0 Å². The van der Waals surface area contributed by atoms with E-state index in [1.807, 2.05) is 0 Å². The maximum atomic E-state index is 14.1. The lowest BCUT2D eigenvalue weighted by atomic mass is 9.95. The standard InChI is InChI=1S/C12H13FO2S/c13-11(10-4-5-16-7-10)8-2-1-3-9(6-8)12(14)15/h1-3,6,10-11H,4-5,7H2,(H,14,15). The minimum absolute atomic E-state index is 0.0362. The van der Waals surface area contributed by atoms with E-state index in [4.69, 9.17) is 5.11 Å². The number of halogens is 1. The van der Waals surface area contributed by atoms with Crippen LogP contribution in [0.2, 0.25) is 0 Å². The summed E-state index contributed by atoms with van der Waals surface area (Å²) < 4.78 is 14.1. The van der Waals surface area contributed by atoms with Crippen LogP contribution < -0.4 is 0 Å². The zero-order valence-corrected chi connectivity index (χ0v) is 9.54. The van der Waals surface area contributed by atoms with Crippen molar-refractivity contribution in [2.24, 2.45) is 5.92 Å². The number of carboxylic acids is 1. The predicted octanol–water partition coefficient (Wildman–Crippen LogP) is 3.15. The summed E-state index contributed by atoms with van der Waals surface area (Å²) >= 11 is 1.76. The van der Waals surface area contributed by atoms with E-state index in [2.05, 4.69) is 0 Å². The van der Waals surface area contributed by atoms with Crippen molar-refractivity contribution in [2.75, 3.05) is 11.5 Å². The third kappa shape index (κ3) is 2.38. The van der Waals surface area contributed by atoms with Gasteiger partial charge in [0.1, 0.15) is 6.17 Å². The molecule has 0 saturated carbocycles. The van der Waals surface area contributed by atoms with Crippen LogP contribution in [-0.4, -0.2) is 22.6 Å². The molecule has 1 aliphatic rings. The number of benzene rings is 1. The molecule has 86 valence electrons. The molecule has 2 rings (SSSR count). The van der Waals surface area contributed by atoms with Gasteiger partial charge in [-0.15, -0.1) is 0 Å². The van der Waals surface area contributed by atoms with Gasteiger partial charge >= 0.3 is 5.97 Å². The highest BCUT2D eigenvalue weighted by Crippen LogP contribution is 2.36. The molecule has 0 spiro atoms. The molecule has 1 fully saturated rings. The van der Waals surface area contributed by atoms with E-state index in [1.54, 1.807) is 23.9 Å². The first-order chi connectivity index (χ1) is 7.68. The topological polar surface area (TPSA) is 37.3 Å². The third-order valence-electron chi connectivity index (χ3n) is 2.83. The molecule has 4 heteroatoms. The summed E-state index contributed by atoms with van der Waals surface area (Å²) in [6.07, 6.45) is -0.155. The van der Waals surface area contributed by atoms with Gasteiger partial charge in [-0.25, -0.2) is 9.18 Å². The second-order valence-electron chi connectivity index (χ2n) is 3.96. The van der Waals surface area contributed by atoms with Crippen LogP contribution in [0.15, 0.2) is 24.3 Å². The molecule has 16 heavy (non-hydrogen) atoms. The van der Waals surface area contributed by atoms with Crippen molar-refractivity contribution in [1.29, 1.82) is 0 Å². The van der Waals surface area contributed by atoms with E-state index >= 15 is 0 Å². The van der Waals surface area contributed by atoms with Gasteiger partial charge in [-0.05, 0) is 35.6 Å². The Hall–Kier alpha value is -1.03. The maximum Gasteiger partial charge on any atom is 0.335 e. The number of alkyl halides is 1. The number of rotatable bonds is 3. The molecule has 2 unspecified atom stereocenters. The van der Waals surface area contributed by atoms with Gasteiger partial charge < -0.3 is 5.11 Å². The largest absolute Gasteiger partial charge is 0.478 e. The first kappa shape index (κ1) is 11.5. The minimum Gasteiger partial charge on any atom is -0.478 e. The Labute approximate surface area is 97.9 Å². The fourth-order valence-electron chi connectivity index (χ4n) is 1.90. The van der Waals surface area contributed by atoms with Gasteiger partial charge in [-0.3, -0.25) is 0 Å². The molecule has 0 aliphatic carbocycles. The number of aromatic carboxylic acids is 1. The fourth-order valence-corrected chi connectivity index (χ4v) is 3.17. The molecule has 1 aromatic carbocycles. The lowest BCUT2D eigenvalue weighted by Gasteiger charge is -2.15. The predicted molar refractivity (Wildman–Crippen MR) is 62.7 cm³/mol. The molecular weight excluding hydrogens is 227 g/mol. The molecule has 0 aromatic heterocycles. The van der Waals surface area contributed by atoms with Gasteiger partial charge in [0.25, 0.3) is 0 Å². The van der Waals surface area contributed by atoms with Crippen LogP contribution in [0, 0.1) is 5.92 Å². The van der Waals surface area contributed by atoms with Crippen molar-refractivity contribution in [3.8, 4) is 0 Å². The van der Waals surface area contributed by atoms with Crippen LogP contribution in [0.1, 0.15) is 28.5 Å². The molecule has 1 heterocycles. The molecular formula is C12H13FO2S. The van der Waals surface area contributed by atoms with Gasteiger partial charge in [0.15, 0.2) is 0 Å². The zero-order chi connectivity index (χ0) is 11.5. The lowest BCUT2D eigenvalue weighted by Crippen LogP contribution is -2.08. The van der Waals surface area contributed by atoms with Crippen molar-refractivity contribution in [1.82, 2.24) is 0 Å². The Kier molecular flexibility index (Phi) is 3.49. The Morgan fingerprint density at radius 3 is 3.00 bits per heavy atom. The summed E-state index contributed by atoms with van der Waals surface area (Å²) in [6, 6.07) is 6.20. The van der Waals surface area contributed by atoms with Gasteiger partial charge in [-0.1, -0.05) is 12.1 Å². The van der Waals surface area contributed by atoms with Crippen LogP contribution in [-0.2, 0) is 0 Å². The zero-order valence-electron chi connectivity index (χ0n) is 8.73. The number of thioether (sulfide) groups is 1. The quantitative estimate of drug-likeness (QED) is 0.881. The van der Waals surface area contributed by atoms with Crippen LogP contribution >= 0.6 is 11.8 Å². The van der Waals surface area contributed by atoms with Crippen molar-refractivity contribution >= 4 is 17.7 Å². The average molecular weight is 240 g/mol. The summed E-state index contributed by atoms with van der Waals surface area (Å²) in [6.45, 7) is 0. The van der Waals surface area contributed by atoms with Gasteiger partial charge in [0.05, 0.1) is 5.56 Å². The summed E-state index contributed by atoms with van der Waals surface area (Å²) in [5, 5.41) is 8.83. The highest BCUT2D eigenvalue weighted by molar-refractivity contribution is 7.99. The Bertz CT molecular complexity index is 388. The Morgan fingerprint density at radius 2 is 2.38 bits per heavy atom. The van der Waals surface area contributed by atoms with Crippen molar-refractivity contribution in [3.63, 3.8) is 0 Å². The molecule has 1 aromatic rings. The summed E-state index contributed by atoms with van der Waals surface area (Å²) in [4.78, 5) is 10.8. The average Bonchev–Trinajstić information content (AvgIpc) is 2.81. The van der Waals surface area contributed by atoms with Crippen LogP contribution in [0.4, 0.5) is 4.39 Å². The Morgan fingerprint density at radius 1 is 1.56 bits per heavy atom. The number of hydrogen-bond acceptors (Lipinski definition) is 2. The van der Waals surface area contributed by atoms with Gasteiger partial charge in [-0.2, -0.15) is 11.8 Å². The fraction of sp³-hybridized carbons (Fsp3) is 0.417. The molecule has 0 amide bonds.